The van der Waals surface area contributed by atoms with E-state index in [4.69, 9.17) is 4.74 Å². The van der Waals surface area contributed by atoms with E-state index in [1.54, 1.807) is 0 Å². The number of nitrogens with one attached hydrogen (secondary N) is 1. The van der Waals surface area contributed by atoms with Gasteiger partial charge in [0, 0.05) is 24.7 Å². The summed E-state index contributed by atoms with van der Waals surface area (Å²) in [6.45, 7) is 10.8. The van der Waals surface area contributed by atoms with Crippen molar-refractivity contribution in [2.45, 2.75) is 58.3 Å². The lowest BCUT2D eigenvalue weighted by Crippen LogP contribution is -2.55. The molecule has 0 radical (unpaired) electrons. The molecule has 1 N–H and O–H groups in total. The number of hydrogen-bond donors (Lipinski definition) is 1. The highest BCUT2D eigenvalue weighted by atomic mass is 16.5. The Labute approximate surface area is 129 Å². The number of ether oxygens (including phenoxy) is 1. The Bertz CT molecular complexity index is 431. The molecule has 1 aromatic rings. The first-order valence-electron chi connectivity index (χ1n) is 8.18. The molecule has 0 amide bonds. The molecule has 3 nitrogen and oxygen atoms in total. The maximum absolute atomic E-state index is 5.83. The van der Waals surface area contributed by atoms with E-state index in [0.717, 1.165) is 19.6 Å². The maximum atomic E-state index is 5.83. The standard InChI is InChI=1S/C18H30N2O/c1-6-17-12-21-14(3)11-20(17)15(4)18(19-5)16-9-7-13(2)8-10-16/h7-10,14-15,17-19H,6,11-12H2,1-5H3. The molecule has 1 aliphatic heterocycles. The molecular weight excluding hydrogens is 260 g/mol. The minimum Gasteiger partial charge on any atom is -0.376 e. The lowest BCUT2D eigenvalue weighted by atomic mass is 9.96. The van der Waals surface area contributed by atoms with Crippen molar-refractivity contribution in [2.75, 3.05) is 20.2 Å². The van der Waals surface area contributed by atoms with Gasteiger partial charge in [0.1, 0.15) is 0 Å². The number of aryl methyl sites for hydroxylation is 1. The summed E-state index contributed by atoms with van der Waals surface area (Å²) in [5.74, 6) is 0. The number of benzene rings is 1. The fraction of sp³-hybridized carbons (Fsp3) is 0.667. The molecule has 1 saturated heterocycles. The molecule has 2 rings (SSSR count). The third-order valence-corrected chi connectivity index (χ3v) is 4.73. The normalized spacial score (nSPS) is 26.5. The SMILES string of the molecule is CCC1COC(C)CN1C(C)C(NC)c1ccc(C)cc1. The quantitative estimate of drug-likeness (QED) is 0.901. The van der Waals surface area contributed by atoms with Crippen LogP contribution >= 0.6 is 0 Å². The first kappa shape index (κ1) is 16.5. The Morgan fingerprint density at radius 1 is 1.33 bits per heavy atom. The second-order valence-electron chi connectivity index (χ2n) is 6.32. The Hall–Kier alpha value is -0.900. The monoisotopic (exact) mass is 290 g/mol. The van der Waals surface area contributed by atoms with Gasteiger partial charge in [-0.25, -0.2) is 0 Å². The number of rotatable bonds is 5. The molecule has 21 heavy (non-hydrogen) atoms. The van der Waals surface area contributed by atoms with Crippen LogP contribution in [0.15, 0.2) is 24.3 Å². The van der Waals surface area contributed by atoms with Gasteiger partial charge in [0.2, 0.25) is 0 Å². The third-order valence-electron chi connectivity index (χ3n) is 4.73. The molecule has 1 aliphatic rings. The van der Waals surface area contributed by atoms with Crippen molar-refractivity contribution < 1.29 is 4.74 Å². The van der Waals surface area contributed by atoms with Gasteiger partial charge < -0.3 is 10.1 Å². The first-order chi connectivity index (χ1) is 10.1. The molecule has 1 fully saturated rings. The van der Waals surface area contributed by atoms with Crippen LogP contribution in [0.3, 0.4) is 0 Å². The van der Waals surface area contributed by atoms with Gasteiger partial charge in [-0.1, -0.05) is 36.8 Å². The van der Waals surface area contributed by atoms with Crippen molar-refractivity contribution in [3.8, 4) is 0 Å². The summed E-state index contributed by atoms with van der Waals surface area (Å²) in [6.07, 6.45) is 1.47. The van der Waals surface area contributed by atoms with Gasteiger partial charge in [-0.3, -0.25) is 4.90 Å². The van der Waals surface area contributed by atoms with Gasteiger partial charge in [-0.15, -0.1) is 0 Å². The molecule has 3 heteroatoms. The first-order valence-corrected chi connectivity index (χ1v) is 8.18. The third kappa shape index (κ3) is 3.85. The number of hydrogen-bond acceptors (Lipinski definition) is 3. The largest absolute Gasteiger partial charge is 0.376 e. The van der Waals surface area contributed by atoms with Crippen molar-refractivity contribution in [3.05, 3.63) is 35.4 Å². The number of nitrogens with zero attached hydrogens (tertiary/aromatic N) is 1. The average molecular weight is 290 g/mol. The molecule has 1 heterocycles. The second kappa shape index (κ2) is 7.39. The van der Waals surface area contributed by atoms with Crippen LogP contribution in [0.5, 0.6) is 0 Å². The summed E-state index contributed by atoms with van der Waals surface area (Å²) in [7, 11) is 2.06. The van der Waals surface area contributed by atoms with Crippen LogP contribution < -0.4 is 5.32 Å². The van der Waals surface area contributed by atoms with E-state index >= 15 is 0 Å². The van der Waals surface area contributed by atoms with Crippen molar-refractivity contribution >= 4 is 0 Å². The van der Waals surface area contributed by atoms with Gasteiger partial charge in [0.25, 0.3) is 0 Å². The Morgan fingerprint density at radius 3 is 2.57 bits per heavy atom. The molecule has 0 spiro atoms. The van der Waals surface area contributed by atoms with Crippen molar-refractivity contribution in [3.63, 3.8) is 0 Å². The summed E-state index contributed by atoms with van der Waals surface area (Å²) < 4.78 is 5.83. The smallest absolute Gasteiger partial charge is 0.0674 e. The van der Waals surface area contributed by atoms with Gasteiger partial charge in [-0.05, 0) is 39.8 Å². The minimum atomic E-state index is 0.325. The molecule has 1 aromatic carbocycles. The van der Waals surface area contributed by atoms with E-state index in [-0.39, 0.29) is 0 Å². The Morgan fingerprint density at radius 2 is 2.00 bits per heavy atom. The van der Waals surface area contributed by atoms with Crippen LogP contribution in [0.1, 0.15) is 44.4 Å². The lowest BCUT2D eigenvalue weighted by Gasteiger charge is -2.44. The van der Waals surface area contributed by atoms with Crippen LogP contribution in [0.4, 0.5) is 0 Å². The van der Waals surface area contributed by atoms with Crippen molar-refractivity contribution in [1.82, 2.24) is 10.2 Å². The fourth-order valence-electron chi connectivity index (χ4n) is 3.37. The Balaban J connectivity index is 2.17. The highest BCUT2D eigenvalue weighted by Crippen LogP contribution is 2.26. The van der Waals surface area contributed by atoms with E-state index in [2.05, 4.69) is 69.2 Å². The maximum Gasteiger partial charge on any atom is 0.0674 e. The van der Waals surface area contributed by atoms with Crippen LogP contribution in [0.25, 0.3) is 0 Å². The molecule has 4 atom stereocenters. The van der Waals surface area contributed by atoms with Crippen molar-refractivity contribution in [1.29, 1.82) is 0 Å². The van der Waals surface area contributed by atoms with Crippen LogP contribution in [-0.4, -0.2) is 43.3 Å². The highest BCUT2D eigenvalue weighted by Gasteiger charge is 2.33. The molecule has 118 valence electrons. The summed E-state index contributed by atoms with van der Waals surface area (Å²) in [5.41, 5.74) is 2.68. The second-order valence-corrected chi connectivity index (χ2v) is 6.32. The van der Waals surface area contributed by atoms with E-state index in [0.29, 0.717) is 24.2 Å². The number of morpholine rings is 1. The van der Waals surface area contributed by atoms with Crippen LogP contribution in [0, 0.1) is 6.92 Å². The van der Waals surface area contributed by atoms with E-state index < -0.39 is 0 Å². The predicted molar refractivity (Wildman–Crippen MR) is 88.6 cm³/mol. The molecular formula is C18H30N2O. The Kier molecular flexibility index (Phi) is 5.80. The van der Waals surface area contributed by atoms with Gasteiger partial charge in [0.15, 0.2) is 0 Å². The average Bonchev–Trinajstić information content (AvgIpc) is 2.49. The van der Waals surface area contributed by atoms with Gasteiger partial charge in [0.05, 0.1) is 12.7 Å². The zero-order valence-electron chi connectivity index (χ0n) is 14.1. The summed E-state index contributed by atoms with van der Waals surface area (Å²) in [5, 5.41) is 3.51. The topological polar surface area (TPSA) is 24.5 Å². The molecule has 4 unspecified atom stereocenters. The summed E-state index contributed by atoms with van der Waals surface area (Å²) in [6, 6.07) is 10.2. The van der Waals surface area contributed by atoms with Gasteiger partial charge >= 0.3 is 0 Å². The lowest BCUT2D eigenvalue weighted by molar-refractivity contribution is -0.0747. The summed E-state index contributed by atoms with van der Waals surface area (Å²) >= 11 is 0. The zero-order valence-corrected chi connectivity index (χ0v) is 14.1. The van der Waals surface area contributed by atoms with E-state index in [1.807, 2.05) is 0 Å². The molecule has 0 aromatic heterocycles. The molecule has 0 bridgehead atoms. The summed E-state index contributed by atoms with van der Waals surface area (Å²) in [4.78, 5) is 2.62. The van der Waals surface area contributed by atoms with Gasteiger partial charge in [-0.2, -0.15) is 0 Å². The van der Waals surface area contributed by atoms with Crippen molar-refractivity contribution in [2.24, 2.45) is 0 Å². The predicted octanol–water partition coefficient (Wildman–Crippen LogP) is 3.14. The zero-order chi connectivity index (χ0) is 15.4. The molecule has 0 aliphatic carbocycles. The fourth-order valence-corrected chi connectivity index (χ4v) is 3.37. The van der Waals surface area contributed by atoms with E-state index in [9.17, 15) is 0 Å². The van der Waals surface area contributed by atoms with Crippen LogP contribution in [0.2, 0.25) is 0 Å². The minimum absolute atomic E-state index is 0.325. The van der Waals surface area contributed by atoms with Crippen LogP contribution in [-0.2, 0) is 4.74 Å². The molecule has 0 saturated carbocycles. The highest BCUT2D eigenvalue weighted by molar-refractivity contribution is 5.25. The number of likely N-dealkylation sites (N-methyl/N-ethyl adjacent to an activating group) is 1. The van der Waals surface area contributed by atoms with E-state index in [1.165, 1.54) is 11.1 Å².